The molecule has 8 heteroatoms. The van der Waals surface area contributed by atoms with Gasteiger partial charge < -0.3 is 15.0 Å². The minimum Gasteiger partial charge on any atom is -0.378 e. The standard InChI is InChI=1S/C18H28N4O3S/c1-12-14(3)26-18(19-12)20-16(23)13(2)21-6-4-15(5-7-21)17(24)22-8-10-25-11-9-22/h13,15H,4-11H2,1-3H3,(H,19,20,23). The van der Waals surface area contributed by atoms with Crippen LogP contribution in [0.15, 0.2) is 0 Å². The van der Waals surface area contributed by atoms with E-state index in [0.717, 1.165) is 36.5 Å². The van der Waals surface area contributed by atoms with Crippen LogP contribution in [-0.4, -0.2) is 72.0 Å². The Morgan fingerprint density at radius 3 is 2.42 bits per heavy atom. The van der Waals surface area contributed by atoms with Gasteiger partial charge in [-0.2, -0.15) is 0 Å². The van der Waals surface area contributed by atoms with E-state index in [2.05, 4.69) is 15.2 Å². The van der Waals surface area contributed by atoms with E-state index in [9.17, 15) is 9.59 Å². The Hall–Kier alpha value is -1.51. The molecule has 3 heterocycles. The van der Waals surface area contributed by atoms with Crippen molar-refractivity contribution in [3.63, 3.8) is 0 Å². The summed E-state index contributed by atoms with van der Waals surface area (Å²) < 4.78 is 5.32. The maximum absolute atomic E-state index is 12.6. The van der Waals surface area contributed by atoms with E-state index in [0.29, 0.717) is 31.4 Å². The molecule has 2 amide bonds. The number of carbonyl (C=O) groups excluding carboxylic acids is 2. The number of rotatable bonds is 4. The first-order chi connectivity index (χ1) is 12.5. The number of hydrogen-bond donors (Lipinski definition) is 1. The van der Waals surface area contributed by atoms with Crippen molar-refractivity contribution < 1.29 is 14.3 Å². The van der Waals surface area contributed by atoms with Crippen molar-refractivity contribution in [2.75, 3.05) is 44.7 Å². The summed E-state index contributed by atoms with van der Waals surface area (Å²) in [5.74, 6) is 0.291. The van der Waals surface area contributed by atoms with Crippen LogP contribution in [0.5, 0.6) is 0 Å². The van der Waals surface area contributed by atoms with Crippen molar-refractivity contribution in [3.8, 4) is 0 Å². The Morgan fingerprint density at radius 2 is 1.85 bits per heavy atom. The first-order valence-electron chi connectivity index (χ1n) is 9.31. The van der Waals surface area contributed by atoms with Crippen molar-refractivity contribution in [1.82, 2.24) is 14.8 Å². The zero-order valence-corrected chi connectivity index (χ0v) is 16.6. The Bertz CT molecular complexity index is 629. The molecule has 0 radical (unpaired) electrons. The van der Waals surface area contributed by atoms with E-state index in [4.69, 9.17) is 4.74 Å². The second-order valence-corrected chi connectivity index (χ2v) is 8.28. The van der Waals surface area contributed by atoms with Gasteiger partial charge in [0.25, 0.3) is 0 Å². The lowest BCUT2D eigenvalue weighted by Gasteiger charge is -2.37. The molecule has 0 aliphatic carbocycles. The number of piperidine rings is 1. The maximum Gasteiger partial charge on any atom is 0.243 e. The number of aromatic nitrogens is 1. The normalized spacial score (nSPS) is 20.8. The average Bonchev–Trinajstić information content (AvgIpc) is 2.98. The number of aryl methyl sites for hydroxylation is 2. The SMILES string of the molecule is Cc1nc(NC(=O)C(C)N2CCC(C(=O)N3CCOCC3)CC2)sc1C. The van der Waals surface area contributed by atoms with Crippen LogP contribution < -0.4 is 5.32 Å². The molecule has 1 aromatic heterocycles. The molecule has 1 aromatic rings. The van der Waals surface area contributed by atoms with Crippen molar-refractivity contribution in [2.24, 2.45) is 5.92 Å². The Kier molecular flexibility index (Phi) is 6.26. The summed E-state index contributed by atoms with van der Waals surface area (Å²) in [4.78, 5) is 34.7. The summed E-state index contributed by atoms with van der Waals surface area (Å²) in [6, 6.07) is -0.223. The topological polar surface area (TPSA) is 74.8 Å². The number of morpholine rings is 1. The molecule has 0 saturated carbocycles. The molecule has 2 aliphatic heterocycles. The first kappa shape index (κ1) is 19.3. The highest BCUT2D eigenvalue weighted by Gasteiger charge is 2.32. The summed E-state index contributed by atoms with van der Waals surface area (Å²) in [5, 5.41) is 3.59. The number of amides is 2. The number of hydrogen-bond acceptors (Lipinski definition) is 6. The first-order valence-corrected chi connectivity index (χ1v) is 10.1. The van der Waals surface area contributed by atoms with Crippen molar-refractivity contribution in [3.05, 3.63) is 10.6 Å². The van der Waals surface area contributed by atoms with Gasteiger partial charge in [-0.25, -0.2) is 4.98 Å². The molecular weight excluding hydrogens is 352 g/mol. The molecule has 0 bridgehead atoms. The predicted molar refractivity (Wildman–Crippen MR) is 101 cm³/mol. The molecule has 2 fully saturated rings. The molecule has 2 aliphatic rings. The third kappa shape index (κ3) is 4.42. The lowest BCUT2D eigenvalue weighted by molar-refractivity contribution is -0.141. The fraction of sp³-hybridized carbons (Fsp3) is 0.722. The van der Waals surface area contributed by atoms with Crippen LogP contribution in [0.4, 0.5) is 5.13 Å². The number of nitrogens with zero attached hydrogens (tertiary/aromatic N) is 3. The van der Waals surface area contributed by atoms with E-state index in [1.165, 1.54) is 11.3 Å². The molecule has 144 valence electrons. The second-order valence-electron chi connectivity index (χ2n) is 7.07. The van der Waals surface area contributed by atoms with E-state index in [1.807, 2.05) is 25.7 Å². The number of thiazole rings is 1. The average molecular weight is 381 g/mol. The van der Waals surface area contributed by atoms with Crippen LogP contribution in [0, 0.1) is 19.8 Å². The van der Waals surface area contributed by atoms with Gasteiger partial charge >= 0.3 is 0 Å². The minimum atomic E-state index is -0.223. The molecular formula is C18H28N4O3S. The highest BCUT2D eigenvalue weighted by molar-refractivity contribution is 7.15. The number of ether oxygens (including phenoxy) is 1. The Balaban J connectivity index is 1.48. The molecule has 1 unspecified atom stereocenters. The molecule has 2 saturated heterocycles. The third-order valence-electron chi connectivity index (χ3n) is 5.39. The Morgan fingerprint density at radius 1 is 1.19 bits per heavy atom. The monoisotopic (exact) mass is 380 g/mol. The van der Waals surface area contributed by atoms with Crippen molar-refractivity contribution in [1.29, 1.82) is 0 Å². The lowest BCUT2D eigenvalue weighted by atomic mass is 9.94. The van der Waals surface area contributed by atoms with Gasteiger partial charge in [0.15, 0.2) is 5.13 Å². The molecule has 26 heavy (non-hydrogen) atoms. The fourth-order valence-electron chi connectivity index (χ4n) is 3.48. The van der Waals surface area contributed by atoms with E-state index in [-0.39, 0.29) is 23.8 Å². The predicted octanol–water partition coefficient (Wildman–Crippen LogP) is 1.66. The van der Waals surface area contributed by atoms with Crippen molar-refractivity contribution >= 4 is 28.3 Å². The summed E-state index contributed by atoms with van der Waals surface area (Å²) in [6.07, 6.45) is 1.62. The van der Waals surface area contributed by atoms with Gasteiger partial charge in [-0.1, -0.05) is 0 Å². The second kappa shape index (κ2) is 8.45. The molecule has 0 spiro atoms. The molecule has 1 atom stereocenters. The van der Waals surface area contributed by atoms with Crippen LogP contribution >= 0.6 is 11.3 Å². The van der Waals surface area contributed by atoms with E-state index in [1.54, 1.807) is 0 Å². The number of nitrogens with one attached hydrogen (secondary N) is 1. The van der Waals surface area contributed by atoms with Gasteiger partial charge in [-0.3, -0.25) is 14.5 Å². The largest absolute Gasteiger partial charge is 0.378 e. The highest BCUT2D eigenvalue weighted by Crippen LogP contribution is 2.24. The van der Waals surface area contributed by atoms with Gasteiger partial charge in [0.1, 0.15) is 0 Å². The summed E-state index contributed by atoms with van der Waals surface area (Å²) in [7, 11) is 0. The molecule has 7 nitrogen and oxygen atoms in total. The van der Waals surface area contributed by atoms with E-state index >= 15 is 0 Å². The highest BCUT2D eigenvalue weighted by atomic mass is 32.1. The van der Waals surface area contributed by atoms with Crippen LogP contribution in [0.1, 0.15) is 30.3 Å². The van der Waals surface area contributed by atoms with Gasteiger partial charge in [0.05, 0.1) is 24.9 Å². The number of carbonyl (C=O) groups is 2. The van der Waals surface area contributed by atoms with Crippen LogP contribution in [0.2, 0.25) is 0 Å². The summed E-state index contributed by atoms with van der Waals surface area (Å²) in [6.45, 7) is 10.1. The van der Waals surface area contributed by atoms with Crippen LogP contribution in [-0.2, 0) is 14.3 Å². The molecule has 3 rings (SSSR count). The van der Waals surface area contributed by atoms with E-state index < -0.39 is 0 Å². The van der Waals surface area contributed by atoms with Gasteiger partial charge in [-0.15, -0.1) is 11.3 Å². The van der Waals surface area contributed by atoms with Gasteiger partial charge in [0.2, 0.25) is 11.8 Å². The fourth-order valence-corrected chi connectivity index (χ4v) is 4.30. The number of anilines is 1. The zero-order chi connectivity index (χ0) is 18.7. The minimum absolute atomic E-state index is 0.0308. The zero-order valence-electron chi connectivity index (χ0n) is 15.8. The Labute approximate surface area is 158 Å². The van der Waals surface area contributed by atoms with Gasteiger partial charge in [0, 0.05) is 23.9 Å². The smallest absolute Gasteiger partial charge is 0.243 e. The maximum atomic E-state index is 12.6. The quantitative estimate of drug-likeness (QED) is 0.860. The van der Waals surface area contributed by atoms with Gasteiger partial charge in [-0.05, 0) is 46.7 Å². The summed E-state index contributed by atoms with van der Waals surface area (Å²) in [5.41, 5.74) is 0.959. The molecule has 1 N–H and O–H groups in total. The lowest BCUT2D eigenvalue weighted by Crippen LogP contribution is -2.50. The van der Waals surface area contributed by atoms with Crippen LogP contribution in [0.3, 0.4) is 0 Å². The summed E-state index contributed by atoms with van der Waals surface area (Å²) >= 11 is 1.50. The molecule has 0 aromatic carbocycles. The van der Waals surface area contributed by atoms with Crippen molar-refractivity contribution in [2.45, 2.75) is 39.7 Å². The number of likely N-dealkylation sites (tertiary alicyclic amines) is 1. The van der Waals surface area contributed by atoms with Crippen LogP contribution in [0.25, 0.3) is 0 Å². The third-order valence-corrected chi connectivity index (χ3v) is 6.38.